The van der Waals surface area contributed by atoms with E-state index in [0.717, 1.165) is 25.0 Å². The van der Waals surface area contributed by atoms with Crippen LogP contribution in [-0.2, 0) is 16.1 Å². The van der Waals surface area contributed by atoms with Gasteiger partial charge in [-0.3, -0.25) is 0 Å². The summed E-state index contributed by atoms with van der Waals surface area (Å²) in [5.41, 5.74) is -0.212. The van der Waals surface area contributed by atoms with E-state index in [1.54, 1.807) is 4.90 Å². The number of allylic oxidation sites excluding steroid dienone is 1. The molecule has 0 saturated carbocycles. The lowest BCUT2D eigenvalue weighted by Crippen LogP contribution is -2.50. The average Bonchev–Trinajstić information content (AvgIpc) is 2.64. The van der Waals surface area contributed by atoms with Crippen LogP contribution in [0.1, 0.15) is 52.0 Å². The van der Waals surface area contributed by atoms with E-state index in [1.807, 2.05) is 25.7 Å². The van der Waals surface area contributed by atoms with Gasteiger partial charge in [-0.05, 0) is 64.7 Å². The fraction of sp³-hybridized carbons (Fsp3) is 0.591. The molecule has 1 amide bonds. The summed E-state index contributed by atoms with van der Waals surface area (Å²) in [6.45, 7) is 7.19. The molecule has 0 aromatic heterocycles. The number of carbonyl (C=O) groups is 1. The second-order valence-electron chi connectivity index (χ2n) is 8.96. The number of halogens is 2. The standard InChI is InChI=1S/C22H28F2N2O3/c1-21(2,3)29-20(28)25-11-8-22(9-12-25)7-4-10-26(19(22)15-27)14-16-13-17(23)5-6-18(16)24/h5-6,13H,4,7-12,14H2,1-3H3. The van der Waals surface area contributed by atoms with Gasteiger partial charge >= 0.3 is 6.09 Å². The Morgan fingerprint density at radius 1 is 1.17 bits per heavy atom. The van der Waals surface area contributed by atoms with Crippen molar-refractivity contribution in [2.24, 2.45) is 5.41 Å². The summed E-state index contributed by atoms with van der Waals surface area (Å²) >= 11 is 0. The van der Waals surface area contributed by atoms with Crippen molar-refractivity contribution < 1.29 is 23.1 Å². The maximum absolute atomic E-state index is 14.1. The fourth-order valence-electron chi connectivity index (χ4n) is 4.31. The number of piperidine rings is 2. The molecule has 2 fully saturated rings. The molecule has 2 aliphatic rings. The number of carbonyl (C=O) groups excluding carboxylic acids is 2. The number of rotatable bonds is 2. The highest BCUT2D eigenvalue weighted by atomic mass is 19.1. The van der Waals surface area contributed by atoms with E-state index >= 15 is 0 Å². The van der Waals surface area contributed by atoms with Gasteiger partial charge in [-0.15, -0.1) is 0 Å². The predicted molar refractivity (Wildman–Crippen MR) is 105 cm³/mol. The van der Waals surface area contributed by atoms with Crippen molar-refractivity contribution in [3.05, 3.63) is 41.1 Å². The number of hydrogen-bond acceptors (Lipinski definition) is 4. The zero-order chi connectivity index (χ0) is 21.2. The molecule has 1 spiro atoms. The largest absolute Gasteiger partial charge is 0.444 e. The summed E-state index contributed by atoms with van der Waals surface area (Å²) in [6, 6.07) is 3.36. The summed E-state index contributed by atoms with van der Waals surface area (Å²) in [6.07, 6.45) is 2.56. The van der Waals surface area contributed by atoms with Crippen LogP contribution in [0.25, 0.3) is 0 Å². The molecule has 5 nitrogen and oxygen atoms in total. The normalized spacial score (nSPS) is 19.3. The van der Waals surface area contributed by atoms with Crippen molar-refractivity contribution in [3.63, 3.8) is 0 Å². The van der Waals surface area contributed by atoms with Crippen LogP contribution in [0.5, 0.6) is 0 Å². The molecule has 0 atom stereocenters. The Kier molecular flexibility index (Phi) is 5.99. The van der Waals surface area contributed by atoms with Crippen LogP contribution in [0.2, 0.25) is 0 Å². The van der Waals surface area contributed by atoms with E-state index in [2.05, 4.69) is 5.94 Å². The van der Waals surface area contributed by atoms with Crippen LogP contribution >= 0.6 is 0 Å². The first-order valence-corrected chi connectivity index (χ1v) is 10.1. The lowest BCUT2D eigenvalue weighted by Gasteiger charge is -2.48. The second-order valence-corrected chi connectivity index (χ2v) is 8.96. The van der Waals surface area contributed by atoms with Gasteiger partial charge in [-0.1, -0.05) is 0 Å². The molecule has 3 rings (SSSR count). The first kappa shape index (κ1) is 21.3. The SMILES string of the molecule is CC(C)(C)OC(=O)N1CCC2(CCCN(Cc3cc(F)ccc3F)C2=C=O)CC1. The van der Waals surface area contributed by atoms with Gasteiger partial charge in [0.25, 0.3) is 0 Å². The molecule has 0 radical (unpaired) electrons. The van der Waals surface area contributed by atoms with Crippen molar-refractivity contribution in [1.82, 2.24) is 9.80 Å². The maximum atomic E-state index is 14.1. The van der Waals surface area contributed by atoms with E-state index < -0.39 is 17.2 Å². The Balaban J connectivity index is 1.73. The summed E-state index contributed by atoms with van der Waals surface area (Å²) in [7, 11) is 0. The second kappa shape index (κ2) is 8.15. The van der Waals surface area contributed by atoms with E-state index in [9.17, 15) is 18.4 Å². The maximum Gasteiger partial charge on any atom is 0.410 e. The third kappa shape index (κ3) is 4.78. The summed E-state index contributed by atoms with van der Waals surface area (Å²) in [5.74, 6) is 1.10. The number of ether oxygens (including phenoxy) is 1. The monoisotopic (exact) mass is 406 g/mol. The van der Waals surface area contributed by atoms with Gasteiger partial charge < -0.3 is 14.5 Å². The van der Waals surface area contributed by atoms with Crippen molar-refractivity contribution in [3.8, 4) is 0 Å². The Morgan fingerprint density at radius 3 is 2.48 bits per heavy atom. The fourth-order valence-corrected chi connectivity index (χ4v) is 4.31. The molecule has 0 unspecified atom stereocenters. The first-order chi connectivity index (χ1) is 13.6. The van der Waals surface area contributed by atoms with Crippen LogP contribution in [0, 0.1) is 17.0 Å². The van der Waals surface area contributed by atoms with Crippen LogP contribution in [0.4, 0.5) is 13.6 Å². The lowest BCUT2D eigenvalue weighted by molar-refractivity contribution is 0.00624. The molecule has 0 aliphatic carbocycles. The van der Waals surface area contributed by atoms with Crippen LogP contribution in [0.15, 0.2) is 23.9 Å². The van der Waals surface area contributed by atoms with Crippen molar-refractivity contribution in [2.75, 3.05) is 19.6 Å². The highest BCUT2D eigenvalue weighted by Gasteiger charge is 2.44. The van der Waals surface area contributed by atoms with E-state index in [4.69, 9.17) is 4.74 Å². The molecule has 29 heavy (non-hydrogen) atoms. The highest BCUT2D eigenvalue weighted by molar-refractivity contribution is 5.68. The minimum absolute atomic E-state index is 0.131. The molecular weight excluding hydrogens is 378 g/mol. The molecule has 1 aromatic carbocycles. The van der Waals surface area contributed by atoms with Gasteiger partial charge in [0.1, 0.15) is 28.9 Å². The average molecular weight is 406 g/mol. The topological polar surface area (TPSA) is 49.9 Å². The number of amides is 1. The highest BCUT2D eigenvalue weighted by Crippen LogP contribution is 2.46. The van der Waals surface area contributed by atoms with Crippen LogP contribution < -0.4 is 0 Å². The Morgan fingerprint density at radius 2 is 1.86 bits per heavy atom. The van der Waals surface area contributed by atoms with E-state index in [0.29, 0.717) is 38.2 Å². The smallest absolute Gasteiger partial charge is 0.410 e. The van der Waals surface area contributed by atoms with Crippen molar-refractivity contribution >= 4 is 12.0 Å². The van der Waals surface area contributed by atoms with Gasteiger partial charge in [0.15, 0.2) is 0 Å². The number of benzene rings is 1. The molecule has 2 saturated heterocycles. The minimum atomic E-state index is -0.559. The zero-order valence-electron chi connectivity index (χ0n) is 17.3. The summed E-state index contributed by atoms with van der Waals surface area (Å²) < 4.78 is 33.1. The molecule has 7 heteroatoms. The van der Waals surface area contributed by atoms with Gasteiger partial charge in [-0.2, -0.15) is 0 Å². The summed E-state index contributed by atoms with van der Waals surface area (Å²) in [5, 5.41) is 0. The first-order valence-electron chi connectivity index (χ1n) is 10.1. The minimum Gasteiger partial charge on any atom is -0.444 e. The van der Waals surface area contributed by atoms with Gasteiger partial charge in [0.2, 0.25) is 0 Å². The third-order valence-corrected chi connectivity index (χ3v) is 5.74. The molecule has 158 valence electrons. The van der Waals surface area contributed by atoms with E-state index in [-0.39, 0.29) is 23.6 Å². The van der Waals surface area contributed by atoms with Gasteiger partial charge in [-0.25, -0.2) is 18.4 Å². The van der Waals surface area contributed by atoms with Crippen LogP contribution in [0.3, 0.4) is 0 Å². The molecule has 1 aromatic rings. The Hall–Kier alpha value is -2.40. The Bertz CT molecular complexity index is 820. The number of likely N-dealkylation sites (tertiary alicyclic amines) is 2. The number of hydrogen-bond donors (Lipinski definition) is 0. The molecule has 0 N–H and O–H groups in total. The third-order valence-electron chi connectivity index (χ3n) is 5.74. The lowest BCUT2D eigenvalue weighted by atomic mass is 9.70. The van der Waals surface area contributed by atoms with Crippen LogP contribution in [-0.4, -0.2) is 47.1 Å². The molecular formula is C22H28F2N2O3. The molecule has 2 aliphatic heterocycles. The molecule has 2 heterocycles. The van der Waals surface area contributed by atoms with Crippen molar-refractivity contribution in [2.45, 2.75) is 58.6 Å². The van der Waals surface area contributed by atoms with E-state index in [1.165, 1.54) is 6.07 Å². The van der Waals surface area contributed by atoms with Gasteiger partial charge in [0, 0.05) is 37.2 Å². The quantitative estimate of drug-likeness (QED) is 0.688. The number of nitrogens with zero attached hydrogens (tertiary/aromatic N) is 2. The predicted octanol–water partition coefficient (Wildman–Crippen LogP) is 4.29. The summed E-state index contributed by atoms with van der Waals surface area (Å²) in [4.78, 5) is 27.7. The Labute approximate surface area is 170 Å². The zero-order valence-corrected chi connectivity index (χ0v) is 17.3. The van der Waals surface area contributed by atoms with Gasteiger partial charge in [0.05, 0.1) is 0 Å². The van der Waals surface area contributed by atoms with Crippen molar-refractivity contribution in [1.29, 1.82) is 0 Å². The molecule has 0 bridgehead atoms.